The Kier molecular flexibility index (Phi) is 6.73. The van der Waals surface area contributed by atoms with Gasteiger partial charge >= 0.3 is 6.61 Å². The third kappa shape index (κ3) is 5.16. The van der Waals surface area contributed by atoms with Crippen LogP contribution in [0, 0.1) is 0 Å². The fraction of sp³-hybridized carbons (Fsp3) is 0.278. The molecule has 0 aliphatic heterocycles. The predicted molar refractivity (Wildman–Crippen MR) is 95.0 cm³/mol. The van der Waals surface area contributed by atoms with Gasteiger partial charge in [0.1, 0.15) is 0 Å². The molecule has 2 aromatic carbocycles. The molecule has 2 aromatic rings. The fourth-order valence-corrected chi connectivity index (χ4v) is 3.47. The second-order valence-electron chi connectivity index (χ2n) is 5.45. The minimum absolute atomic E-state index is 0.0386. The number of hydrogen-bond donors (Lipinski definition) is 1. The lowest BCUT2D eigenvalue weighted by molar-refractivity contribution is -0.0512. The average molecular weight is 399 g/mol. The van der Waals surface area contributed by atoms with Crippen LogP contribution in [0.1, 0.15) is 22.8 Å². The first-order valence-electron chi connectivity index (χ1n) is 8.00. The van der Waals surface area contributed by atoms with Crippen LogP contribution in [-0.2, 0) is 16.4 Å². The minimum Gasteiger partial charge on any atom is -0.493 e. The van der Waals surface area contributed by atoms with E-state index in [0.717, 1.165) is 0 Å². The lowest BCUT2D eigenvalue weighted by Gasteiger charge is -2.13. The van der Waals surface area contributed by atoms with Gasteiger partial charge < -0.3 is 14.8 Å². The van der Waals surface area contributed by atoms with Crippen LogP contribution in [0.4, 0.5) is 8.78 Å². The van der Waals surface area contributed by atoms with E-state index in [2.05, 4.69) is 10.1 Å². The molecule has 0 atom stereocenters. The summed E-state index contributed by atoms with van der Waals surface area (Å²) in [5.41, 5.74) is 0.613. The van der Waals surface area contributed by atoms with Gasteiger partial charge in [-0.05, 0) is 29.8 Å². The van der Waals surface area contributed by atoms with Gasteiger partial charge in [-0.15, -0.1) is 0 Å². The van der Waals surface area contributed by atoms with Crippen molar-refractivity contribution in [3.05, 3.63) is 53.6 Å². The number of nitrogens with one attached hydrogen (secondary N) is 1. The lowest BCUT2D eigenvalue weighted by atomic mass is 10.1. The van der Waals surface area contributed by atoms with Crippen molar-refractivity contribution >= 4 is 15.7 Å². The smallest absolute Gasteiger partial charge is 0.387 e. The van der Waals surface area contributed by atoms with Crippen LogP contribution >= 0.6 is 0 Å². The van der Waals surface area contributed by atoms with Gasteiger partial charge in [-0.1, -0.05) is 25.1 Å². The zero-order valence-electron chi connectivity index (χ0n) is 14.7. The molecule has 27 heavy (non-hydrogen) atoms. The second kappa shape index (κ2) is 8.81. The number of hydrogen-bond acceptors (Lipinski definition) is 5. The highest BCUT2D eigenvalue weighted by molar-refractivity contribution is 7.91. The molecule has 0 bridgehead atoms. The molecular weight excluding hydrogens is 380 g/mol. The zero-order chi connectivity index (χ0) is 20.0. The van der Waals surface area contributed by atoms with Gasteiger partial charge in [0.05, 0.1) is 23.3 Å². The van der Waals surface area contributed by atoms with E-state index in [1.165, 1.54) is 44.4 Å². The Hall–Kier alpha value is -2.68. The van der Waals surface area contributed by atoms with E-state index in [1.54, 1.807) is 12.1 Å². The number of sulfone groups is 1. The molecule has 0 aromatic heterocycles. The summed E-state index contributed by atoms with van der Waals surface area (Å²) in [6, 6.07) is 10.2. The molecule has 6 nitrogen and oxygen atoms in total. The number of alkyl halides is 2. The Morgan fingerprint density at radius 1 is 1.15 bits per heavy atom. The molecule has 1 amide bonds. The highest BCUT2D eigenvalue weighted by Crippen LogP contribution is 2.29. The van der Waals surface area contributed by atoms with Crippen LogP contribution in [0.15, 0.2) is 47.4 Å². The van der Waals surface area contributed by atoms with Crippen LogP contribution < -0.4 is 14.8 Å². The number of ether oxygens (including phenoxy) is 2. The molecule has 0 saturated carbocycles. The van der Waals surface area contributed by atoms with Crippen LogP contribution in [0.25, 0.3) is 0 Å². The molecular formula is C18H19F2NO5S. The number of carbonyl (C=O) groups is 1. The third-order valence-electron chi connectivity index (χ3n) is 3.74. The summed E-state index contributed by atoms with van der Waals surface area (Å²) in [5.74, 6) is -0.715. The van der Waals surface area contributed by atoms with Crippen molar-refractivity contribution in [1.82, 2.24) is 5.32 Å². The molecule has 0 radical (unpaired) electrons. The molecule has 9 heteroatoms. The maximum Gasteiger partial charge on any atom is 0.387 e. The van der Waals surface area contributed by atoms with E-state index in [1.807, 2.05) is 0 Å². The molecule has 0 aliphatic carbocycles. The number of halogens is 2. The van der Waals surface area contributed by atoms with Gasteiger partial charge in [0.2, 0.25) is 0 Å². The number of benzene rings is 2. The summed E-state index contributed by atoms with van der Waals surface area (Å²) in [4.78, 5) is 12.4. The zero-order valence-corrected chi connectivity index (χ0v) is 15.6. The Balaban J connectivity index is 2.17. The van der Waals surface area contributed by atoms with Crippen molar-refractivity contribution in [3.8, 4) is 11.5 Å². The summed E-state index contributed by atoms with van der Waals surface area (Å²) in [6.45, 7) is -1.44. The monoisotopic (exact) mass is 399 g/mol. The maximum atomic E-state index is 12.4. The van der Waals surface area contributed by atoms with E-state index in [9.17, 15) is 22.0 Å². The molecule has 1 N–H and O–H groups in total. The standard InChI is InChI=1S/C18H19F2NO5S/c1-3-27(23,24)16-7-5-4-6-13(16)17(22)21-11-12-8-9-14(26-18(19)20)15(10-12)25-2/h4-10,18H,3,11H2,1-2H3,(H,21,22). The summed E-state index contributed by atoms with van der Waals surface area (Å²) < 4.78 is 58.3. The fourth-order valence-electron chi connectivity index (χ4n) is 2.37. The van der Waals surface area contributed by atoms with Crippen molar-refractivity contribution in [2.24, 2.45) is 0 Å². The van der Waals surface area contributed by atoms with Gasteiger partial charge in [0.25, 0.3) is 5.91 Å². The largest absolute Gasteiger partial charge is 0.493 e. The van der Waals surface area contributed by atoms with Crippen molar-refractivity contribution in [2.45, 2.75) is 25.0 Å². The number of amides is 1. The molecule has 2 rings (SSSR count). The Morgan fingerprint density at radius 3 is 2.48 bits per heavy atom. The van der Waals surface area contributed by atoms with Gasteiger partial charge in [-0.2, -0.15) is 8.78 Å². The highest BCUT2D eigenvalue weighted by atomic mass is 32.2. The Bertz CT molecular complexity index is 916. The summed E-state index contributed by atoms with van der Waals surface area (Å²) in [7, 11) is -2.25. The summed E-state index contributed by atoms with van der Waals surface area (Å²) in [6.07, 6.45) is 0. The second-order valence-corrected chi connectivity index (χ2v) is 7.69. The van der Waals surface area contributed by atoms with E-state index in [0.29, 0.717) is 5.56 Å². The number of rotatable bonds is 8. The minimum atomic E-state index is -3.55. The third-order valence-corrected chi connectivity index (χ3v) is 5.53. The molecule has 0 saturated heterocycles. The maximum absolute atomic E-state index is 12.4. The quantitative estimate of drug-likeness (QED) is 0.738. The van der Waals surface area contributed by atoms with E-state index >= 15 is 0 Å². The number of methoxy groups -OCH3 is 1. The van der Waals surface area contributed by atoms with Crippen molar-refractivity contribution in [3.63, 3.8) is 0 Å². The van der Waals surface area contributed by atoms with Gasteiger partial charge in [-0.25, -0.2) is 8.42 Å². The van der Waals surface area contributed by atoms with Crippen molar-refractivity contribution < 1.29 is 31.5 Å². The summed E-state index contributed by atoms with van der Waals surface area (Å²) >= 11 is 0. The molecule has 0 aliphatic rings. The topological polar surface area (TPSA) is 81.7 Å². The highest BCUT2D eigenvalue weighted by Gasteiger charge is 2.20. The van der Waals surface area contributed by atoms with Crippen molar-refractivity contribution in [1.29, 1.82) is 0 Å². The lowest BCUT2D eigenvalue weighted by Crippen LogP contribution is -2.25. The van der Waals surface area contributed by atoms with Crippen LogP contribution in [0.3, 0.4) is 0 Å². The normalized spacial score (nSPS) is 11.3. The van der Waals surface area contributed by atoms with E-state index in [4.69, 9.17) is 4.74 Å². The molecule has 0 fully saturated rings. The molecule has 0 heterocycles. The molecule has 146 valence electrons. The SMILES string of the molecule is CCS(=O)(=O)c1ccccc1C(=O)NCc1ccc(OC(F)F)c(OC)c1. The van der Waals surface area contributed by atoms with Gasteiger partial charge in [-0.3, -0.25) is 4.79 Å². The van der Waals surface area contributed by atoms with Gasteiger partial charge in [0, 0.05) is 6.54 Å². The van der Waals surface area contributed by atoms with Crippen molar-refractivity contribution in [2.75, 3.05) is 12.9 Å². The average Bonchev–Trinajstić information content (AvgIpc) is 2.66. The van der Waals surface area contributed by atoms with Crippen LogP contribution in [0.2, 0.25) is 0 Å². The van der Waals surface area contributed by atoms with Crippen LogP contribution in [-0.4, -0.2) is 33.8 Å². The Labute approximate surface area is 156 Å². The first-order chi connectivity index (χ1) is 12.8. The first-order valence-corrected chi connectivity index (χ1v) is 9.65. The molecule has 0 unspecified atom stereocenters. The number of carbonyl (C=O) groups excluding carboxylic acids is 1. The predicted octanol–water partition coefficient (Wildman–Crippen LogP) is 3.02. The first kappa shape index (κ1) is 20.6. The van der Waals surface area contributed by atoms with E-state index in [-0.39, 0.29) is 34.3 Å². The Morgan fingerprint density at radius 2 is 1.85 bits per heavy atom. The molecule has 0 spiro atoms. The van der Waals surface area contributed by atoms with Gasteiger partial charge in [0.15, 0.2) is 21.3 Å². The summed E-state index contributed by atoms with van der Waals surface area (Å²) in [5, 5.41) is 2.62. The van der Waals surface area contributed by atoms with Crippen LogP contribution in [0.5, 0.6) is 11.5 Å². The van der Waals surface area contributed by atoms with E-state index < -0.39 is 22.4 Å².